The average molecular weight is 240 g/mol. The molecule has 17 heavy (non-hydrogen) atoms. The maximum Gasteiger partial charge on any atom is 0.409 e. The van der Waals surface area contributed by atoms with Crippen molar-refractivity contribution in [3.8, 4) is 0 Å². The molecular formula is C10H16N4O3. The molecule has 94 valence electrons. The van der Waals surface area contributed by atoms with Crippen LogP contribution in [0.5, 0.6) is 0 Å². The zero-order valence-electron chi connectivity index (χ0n) is 9.87. The number of nitrogens with one attached hydrogen (secondary N) is 3. The van der Waals surface area contributed by atoms with Crippen molar-refractivity contribution < 1.29 is 9.53 Å². The molecule has 1 aromatic heterocycles. The number of ether oxygens (including phenoxy) is 1. The molecule has 0 saturated carbocycles. The van der Waals surface area contributed by atoms with E-state index in [1.807, 2.05) is 0 Å². The standard InChI is InChI=1S/C10H16N4O3/c1-6-8(12-13-9(6)15)7-5-14(4-3-11-7)10(16)17-2/h7,11H,3-5H2,1-2H3,(H2,12,13,15). The number of nitrogens with zero attached hydrogens (tertiary/aromatic N) is 1. The van der Waals surface area contributed by atoms with Crippen LogP contribution < -0.4 is 10.9 Å². The Morgan fingerprint density at radius 3 is 2.82 bits per heavy atom. The number of aromatic amines is 2. The van der Waals surface area contributed by atoms with Crippen molar-refractivity contribution in [1.29, 1.82) is 0 Å². The first-order valence-electron chi connectivity index (χ1n) is 5.47. The fourth-order valence-electron chi connectivity index (χ4n) is 2.02. The molecule has 7 heteroatoms. The minimum atomic E-state index is -0.341. The van der Waals surface area contributed by atoms with Gasteiger partial charge in [0.25, 0.3) is 5.56 Å². The van der Waals surface area contributed by atoms with Crippen LogP contribution in [0.4, 0.5) is 4.79 Å². The molecule has 0 aliphatic carbocycles. The average Bonchev–Trinajstić information content (AvgIpc) is 2.69. The maximum atomic E-state index is 11.4. The van der Waals surface area contributed by atoms with Gasteiger partial charge in [0.2, 0.25) is 0 Å². The number of carbonyl (C=O) groups excluding carboxylic acids is 1. The molecule has 0 aromatic carbocycles. The van der Waals surface area contributed by atoms with E-state index < -0.39 is 0 Å². The van der Waals surface area contributed by atoms with Gasteiger partial charge in [-0.15, -0.1) is 0 Å². The summed E-state index contributed by atoms with van der Waals surface area (Å²) in [5.41, 5.74) is 1.31. The van der Waals surface area contributed by atoms with Crippen LogP contribution in [0.15, 0.2) is 4.79 Å². The van der Waals surface area contributed by atoms with Gasteiger partial charge in [0.05, 0.1) is 18.8 Å². The monoisotopic (exact) mass is 240 g/mol. The number of methoxy groups -OCH3 is 1. The van der Waals surface area contributed by atoms with E-state index in [9.17, 15) is 9.59 Å². The van der Waals surface area contributed by atoms with E-state index in [-0.39, 0.29) is 17.7 Å². The van der Waals surface area contributed by atoms with E-state index in [0.29, 0.717) is 25.2 Å². The van der Waals surface area contributed by atoms with E-state index in [2.05, 4.69) is 20.3 Å². The summed E-state index contributed by atoms with van der Waals surface area (Å²) >= 11 is 0. The molecule has 0 bridgehead atoms. The molecule has 1 aromatic rings. The molecule has 2 heterocycles. The van der Waals surface area contributed by atoms with Crippen LogP contribution in [0.1, 0.15) is 17.3 Å². The predicted octanol–water partition coefficient (Wildman–Crippen LogP) is -0.276. The fraction of sp³-hybridized carbons (Fsp3) is 0.600. The number of piperazine rings is 1. The smallest absolute Gasteiger partial charge is 0.409 e. The zero-order valence-corrected chi connectivity index (χ0v) is 9.87. The van der Waals surface area contributed by atoms with Crippen molar-refractivity contribution in [2.24, 2.45) is 0 Å². The van der Waals surface area contributed by atoms with Crippen molar-refractivity contribution in [2.45, 2.75) is 13.0 Å². The van der Waals surface area contributed by atoms with Gasteiger partial charge in [-0.3, -0.25) is 9.89 Å². The highest BCUT2D eigenvalue weighted by Gasteiger charge is 2.27. The molecule has 0 spiro atoms. The van der Waals surface area contributed by atoms with Crippen LogP contribution in [-0.4, -0.2) is 47.9 Å². The van der Waals surface area contributed by atoms with Crippen LogP contribution >= 0.6 is 0 Å². The first kappa shape index (κ1) is 11.7. The minimum Gasteiger partial charge on any atom is -0.453 e. The predicted molar refractivity (Wildman–Crippen MR) is 60.9 cm³/mol. The number of amides is 1. The van der Waals surface area contributed by atoms with E-state index in [0.717, 1.165) is 5.69 Å². The summed E-state index contributed by atoms with van der Waals surface area (Å²) in [4.78, 5) is 24.4. The summed E-state index contributed by atoms with van der Waals surface area (Å²) in [6, 6.07) is -0.0678. The molecule has 7 nitrogen and oxygen atoms in total. The van der Waals surface area contributed by atoms with Crippen molar-refractivity contribution in [3.63, 3.8) is 0 Å². The Bertz CT molecular complexity index is 464. The zero-order chi connectivity index (χ0) is 12.4. The SMILES string of the molecule is COC(=O)N1CCNC(c2[nH][nH]c(=O)c2C)C1. The highest BCUT2D eigenvalue weighted by molar-refractivity contribution is 5.67. The highest BCUT2D eigenvalue weighted by Crippen LogP contribution is 2.16. The molecule has 1 atom stereocenters. The van der Waals surface area contributed by atoms with Crippen LogP contribution in [0.25, 0.3) is 0 Å². The van der Waals surface area contributed by atoms with Gasteiger partial charge in [0.1, 0.15) is 0 Å². The third-order valence-electron chi connectivity index (χ3n) is 3.01. The van der Waals surface area contributed by atoms with Crippen LogP contribution in [-0.2, 0) is 4.74 Å². The van der Waals surface area contributed by atoms with Crippen molar-refractivity contribution >= 4 is 6.09 Å². The summed E-state index contributed by atoms with van der Waals surface area (Å²) in [5.74, 6) is 0. The van der Waals surface area contributed by atoms with Crippen LogP contribution in [0.3, 0.4) is 0 Å². The lowest BCUT2D eigenvalue weighted by atomic mass is 10.1. The topological polar surface area (TPSA) is 90.2 Å². The van der Waals surface area contributed by atoms with Crippen molar-refractivity contribution in [3.05, 3.63) is 21.6 Å². The number of hydrogen-bond acceptors (Lipinski definition) is 4. The molecule has 0 radical (unpaired) electrons. The fourth-order valence-corrected chi connectivity index (χ4v) is 2.02. The van der Waals surface area contributed by atoms with Gasteiger partial charge in [-0.05, 0) is 6.92 Å². The molecule has 1 aliphatic rings. The van der Waals surface area contributed by atoms with Gasteiger partial charge in [0.15, 0.2) is 0 Å². The Morgan fingerprint density at radius 1 is 1.47 bits per heavy atom. The Hall–Kier alpha value is -1.76. The van der Waals surface area contributed by atoms with Gasteiger partial charge >= 0.3 is 6.09 Å². The molecule has 1 amide bonds. The molecule has 1 aliphatic heterocycles. The first-order chi connectivity index (χ1) is 8.13. The van der Waals surface area contributed by atoms with Crippen molar-refractivity contribution in [1.82, 2.24) is 20.4 Å². The summed E-state index contributed by atoms with van der Waals surface area (Å²) in [6.45, 7) is 3.52. The molecule has 1 fully saturated rings. The van der Waals surface area contributed by atoms with E-state index in [1.54, 1.807) is 11.8 Å². The van der Waals surface area contributed by atoms with E-state index >= 15 is 0 Å². The quantitative estimate of drug-likeness (QED) is 0.630. The normalized spacial score (nSPS) is 20.4. The molecule has 3 N–H and O–H groups in total. The summed E-state index contributed by atoms with van der Waals surface area (Å²) in [7, 11) is 1.36. The van der Waals surface area contributed by atoms with E-state index in [4.69, 9.17) is 0 Å². The third kappa shape index (κ3) is 2.19. The molecule has 1 unspecified atom stereocenters. The van der Waals surface area contributed by atoms with Gasteiger partial charge in [-0.1, -0.05) is 0 Å². The number of H-pyrrole nitrogens is 2. The highest BCUT2D eigenvalue weighted by atomic mass is 16.5. The first-order valence-corrected chi connectivity index (χ1v) is 5.47. The molecule has 2 rings (SSSR count). The number of aromatic nitrogens is 2. The van der Waals surface area contributed by atoms with Gasteiger partial charge in [-0.25, -0.2) is 4.79 Å². The Labute approximate surface area is 98.1 Å². The van der Waals surface area contributed by atoms with Gasteiger partial charge < -0.3 is 20.1 Å². The Kier molecular flexibility index (Phi) is 3.19. The maximum absolute atomic E-state index is 11.4. The minimum absolute atomic E-state index is 0.0678. The summed E-state index contributed by atoms with van der Waals surface area (Å²) < 4.78 is 4.69. The van der Waals surface area contributed by atoms with Crippen molar-refractivity contribution in [2.75, 3.05) is 26.7 Å². The second-order valence-corrected chi connectivity index (χ2v) is 4.04. The number of hydrogen-bond donors (Lipinski definition) is 3. The molecule has 1 saturated heterocycles. The Balaban J connectivity index is 2.15. The van der Waals surface area contributed by atoms with Gasteiger partial charge in [-0.2, -0.15) is 0 Å². The Morgan fingerprint density at radius 2 is 2.24 bits per heavy atom. The largest absolute Gasteiger partial charge is 0.453 e. The summed E-state index contributed by atoms with van der Waals surface area (Å²) in [5, 5.41) is 8.64. The lowest BCUT2D eigenvalue weighted by Crippen LogP contribution is -2.48. The molecular weight excluding hydrogens is 224 g/mol. The lowest BCUT2D eigenvalue weighted by molar-refractivity contribution is 0.109. The van der Waals surface area contributed by atoms with Crippen LogP contribution in [0.2, 0.25) is 0 Å². The second kappa shape index (κ2) is 4.62. The van der Waals surface area contributed by atoms with Crippen LogP contribution in [0, 0.1) is 6.92 Å². The third-order valence-corrected chi connectivity index (χ3v) is 3.01. The number of rotatable bonds is 1. The van der Waals surface area contributed by atoms with Gasteiger partial charge in [0, 0.05) is 25.2 Å². The number of carbonyl (C=O) groups is 1. The summed E-state index contributed by atoms with van der Waals surface area (Å²) in [6.07, 6.45) is -0.341. The van der Waals surface area contributed by atoms with E-state index in [1.165, 1.54) is 7.11 Å². The lowest BCUT2D eigenvalue weighted by Gasteiger charge is -2.32. The second-order valence-electron chi connectivity index (χ2n) is 4.04.